The van der Waals surface area contributed by atoms with Crippen LogP contribution < -0.4 is 10.1 Å². The molecule has 3 amide bonds. The number of benzene rings is 2. The van der Waals surface area contributed by atoms with Crippen LogP contribution in [0.4, 0.5) is 10.5 Å². The molecule has 0 radical (unpaired) electrons. The van der Waals surface area contributed by atoms with Gasteiger partial charge in [-0.05, 0) is 55.7 Å². The number of thioether (sulfide) groups is 1. The Hall–Kier alpha value is -2.67. The van der Waals surface area contributed by atoms with E-state index in [1.54, 1.807) is 7.11 Å². The molecule has 30 heavy (non-hydrogen) atoms. The third kappa shape index (κ3) is 3.99. The Morgan fingerprint density at radius 3 is 2.40 bits per heavy atom. The second-order valence-electron chi connectivity index (χ2n) is 7.71. The number of rotatable bonds is 3. The van der Waals surface area contributed by atoms with Gasteiger partial charge in [-0.2, -0.15) is 0 Å². The van der Waals surface area contributed by atoms with Gasteiger partial charge in [-0.1, -0.05) is 18.2 Å². The Morgan fingerprint density at radius 2 is 1.73 bits per heavy atom. The fraction of sp³-hybridized carbons (Fsp3) is 0.391. The van der Waals surface area contributed by atoms with Crippen molar-refractivity contribution in [2.24, 2.45) is 0 Å². The first kappa shape index (κ1) is 20.6. The van der Waals surface area contributed by atoms with Crippen LogP contribution in [0.3, 0.4) is 0 Å². The molecule has 0 unspecified atom stereocenters. The maximum Gasteiger partial charge on any atom is 0.321 e. The molecule has 158 valence electrons. The van der Waals surface area contributed by atoms with Crippen LogP contribution in [0.15, 0.2) is 48.5 Å². The first-order valence-electron chi connectivity index (χ1n) is 10.2. The number of carbonyl (C=O) groups excluding carboxylic acids is 2. The number of nitrogens with one attached hydrogen (secondary N) is 1. The SMILES string of the molecule is COc1ccc(NC(=O)N2CCC3(CC2)SCCN3C(=O)c2ccccc2C)cc1. The molecule has 1 N–H and O–H groups in total. The van der Waals surface area contributed by atoms with Crippen molar-refractivity contribution >= 4 is 29.4 Å². The van der Waals surface area contributed by atoms with Gasteiger partial charge in [-0.3, -0.25) is 4.79 Å². The minimum Gasteiger partial charge on any atom is -0.497 e. The van der Waals surface area contributed by atoms with Crippen molar-refractivity contribution in [3.8, 4) is 5.75 Å². The van der Waals surface area contributed by atoms with Crippen LogP contribution in [0.1, 0.15) is 28.8 Å². The van der Waals surface area contributed by atoms with E-state index in [4.69, 9.17) is 4.74 Å². The van der Waals surface area contributed by atoms with E-state index in [1.165, 1.54) is 0 Å². The van der Waals surface area contributed by atoms with Crippen LogP contribution in [-0.2, 0) is 0 Å². The number of aryl methyl sites for hydroxylation is 1. The van der Waals surface area contributed by atoms with Gasteiger partial charge in [0.25, 0.3) is 5.91 Å². The number of hydrogen-bond donors (Lipinski definition) is 1. The van der Waals surface area contributed by atoms with E-state index in [9.17, 15) is 9.59 Å². The van der Waals surface area contributed by atoms with Crippen molar-refractivity contribution in [3.63, 3.8) is 0 Å². The molecular weight excluding hydrogens is 398 g/mol. The molecule has 4 rings (SSSR count). The van der Waals surface area contributed by atoms with Gasteiger partial charge in [-0.25, -0.2) is 4.79 Å². The second kappa shape index (κ2) is 8.60. The van der Waals surface area contributed by atoms with Gasteiger partial charge in [0.05, 0.1) is 12.0 Å². The molecule has 2 heterocycles. The normalized spacial score (nSPS) is 17.8. The standard InChI is InChI=1S/C23H27N3O3S/c1-17-5-3-4-6-20(17)21(27)26-15-16-30-23(26)11-13-25(14-12-23)22(28)24-18-7-9-19(29-2)10-8-18/h3-10H,11-16H2,1-2H3,(H,24,28). The highest BCUT2D eigenvalue weighted by Gasteiger charge is 2.47. The topological polar surface area (TPSA) is 61.9 Å². The van der Waals surface area contributed by atoms with Gasteiger partial charge in [0.15, 0.2) is 0 Å². The van der Waals surface area contributed by atoms with Crippen molar-refractivity contribution in [1.82, 2.24) is 9.80 Å². The van der Waals surface area contributed by atoms with E-state index in [1.807, 2.05) is 77.0 Å². The molecule has 2 aromatic carbocycles. The summed E-state index contributed by atoms with van der Waals surface area (Å²) in [6, 6.07) is 15.0. The number of amides is 3. The number of methoxy groups -OCH3 is 1. The summed E-state index contributed by atoms with van der Waals surface area (Å²) in [5.74, 6) is 1.80. The molecule has 2 aliphatic heterocycles. The molecular formula is C23H27N3O3S. The molecule has 0 bridgehead atoms. The average molecular weight is 426 g/mol. The first-order chi connectivity index (χ1) is 14.5. The zero-order valence-corrected chi connectivity index (χ0v) is 18.2. The number of hydrogen-bond acceptors (Lipinski definition) is 4. The highest BCUT2D eigenvalue weighted by Crippen LogP contribution is 2.44. The van der Waals surface area contributed by atoms with Crippen LogP contribution in [-0.4, -0.2) is 59.1 Å². The van der Waals surface area contributed by atoms with Crippen molar-refractivity contribution < 1.29 is 14.3 Å². The lowest BCUT2D eigenvalue weighted by Crippen LogP contribution is -2.54. The summed E-state index contributed by atoms with van der Waals surface area (Å²) in [7, 11) is 1.62. The van der Waals surface area contributed by atoms with E-state index in [2.05, 4.69) is 5.32 Å². The number of nitrogens with zero attached hydrogens (tertiary/aromatic N) is 2. The van der Waals surface area contributed by atoms with Crippen molar-refractivity contribution in [1.29, 1.82) is 0 Å². The number of carbonyl (C=O) groups is 2. The molecule has 2 fully saturated rings. The summed E-state index contributed by atoms with van der Waals surface area (Å²) in [6.45, 7) is 4.00. The van der Waals surface area contributed by atoms with Crippen LogP contribution >= 0.6 is 11.8 Å². The largest absolute Gasteiger partial charge is 0.497 e. The predicted molar refractivity (Wildman–Crippen MR) is 120 cm³/mol. The Kier molecular flexibility index (Phi) is 5.90. The third-order valence-electron chi connectivity index (χ3n) is 5.97. The van der Waals surface area contributed by atoms with Crippen LogP contribution in [0.2, 0.25) is 0 Å². The fourth-order valence-corrected chi connectivity index (χ4v) is 5.66. The minimum absolute atomic E-state index is 0.102. The summed E-state index contributed by atoms with van der Waals surface area (Å²) in [5, 5.41) is 2.95. The number of likely N-dealkylation sites (tertiary alicyclic amines) is 1. The molecule has 7 heteroatoms. The Balaban J connectivity index is 1.40. The van der Waals surface area contributed by atoms with E-state index < -0.39 is 0 Å². The maximum absolute atomic E-state index is 13.3. The molecule has 0 aliphatic carbocycles. The smallest absolute Gasteiger partial charge is 0.321 e. The minimum atomic E-state index is -0.212. The third-order valence-corrected chi connectivity index (χ3v) is 7.52. The van der Waals surface area contributed by atoms with Gasteiger partial charge >= 0.3 is 6.03 Å². The molecule has 0 aromatic heterocycles. The predicted octanol–water partition coefficient (Wildman–Crippen LogP) is 4.22. The molecule has 2 aliphatic rings. The summed E-state index contributed by atoms with van der Waals surface area (Å²) in [5.41, 5.74) is 2.53. The monoisotopic (exact) mass is 425 g/mol. The molecule has 0 atom stereocenters. The van der Waals surface area contributed by atoms with Gasteiger partial charge in [0, 0.05) is 36.6 Å². The van der Waals surface area contributed by atoms with E-state index >= 15 is 0 Å². The van der Waals surface area contributed by atoms with Crippen LogP contribution in [0.5, 0.6) is 5.75 Å². The quantitative estimate of drug-likeness (QED) is 0.800. The van der Waals surface area contributed by atoms with Gasteiger partial charge in [-0.15, -0.1) is 11.8 Å². The summed E-state index contributed by atoms with van der Waals surface area (Å²) in [4.78, 5) is 29.6. The first-order valence-corrected chi connectivity index (χ1v) is 11.2. The second-order valence-corrected chi connectivity index (χ2v) is 9.17. The van der Waals surface area contributed by atoms with E-state index in [0.717, 1.165) is 47.7 Å². The highest BCUT2D eigenvalue weighted by molar-refractivity contribution is 8.00. The van der Waals surface area contributed by atoms with Crippen molar-refractivity contribution in [2.45, 2.75) is 24.6 Å². The maximum atomic E-state index is 13.3. The number of piperidine rings is 1. The number of anilines is 1. The molecule has 2 aromatic rings. The van der Waals surface area contributed by atoms with Crippen molar-refractivity contribution in [2.75, 3.05) is 37.8 Å². The molecule has 1 spiro atoms. The van der Waals surface area contributed by atoms with Gasteiger partial charge < -0.3 is 19.9 Å². The lowest BCUT2D eigenvalue weighted by Gasteiger charge is -2.44. The lowest BCUT2D eigenvalue weighted by molar-refractivity contribution is 0.0585. The Morgan fingerprint density at radius 1 is 1.03 bits per heavy atom. The van der Waals surface area contributed by atoms with E-state index in [0.29, 0.717) is 13.1 Å². The number of ether oxygens (including phenoxy) is 1. The molecule has 2 saturated heterocycles. The summed E-state index contributed by atoms with van der Waals surface area (Å²) >= 11 is 1.86. The Bertz CT molecular complexity index is 924. The summed E-state index contributed by atoms with van der Waals surface area (Å²) in [6.07, 6.45) is 1.57. The zero-order valence-electron chi connectivity index (χ0n) is 17.4. The fourth-order valence-electron chi connectivity index (χ4n) is 4.20. The van der Waals surface area contributed by atoms with Crippen LogP contribution in [0, 0.1) is 6.92 Å². The lowest BCUT2D eigenvalue weighted by atomic mass is 10.00. The van der Waals surface area contributed by atoms with Gasteiger partial charge in [0.2, 0.25) is 0 Å². The van der Waals surface area contributed by atoms with Crippen LogP contribution in [0.25, 0.3) is 0 Å². The van der Waals surface area contributed by atoms with Crippen molar-refractivity contribution in [3.05, 3.63) is 59.7 Å². The summed E-state index contributed by atoms with van der Waals surface area (Å²) < 4.78 is 5.16. The van der Waals surface area contributed by atoms with Gasteiger partial charge in [0.1, 0.15) is 5.75 Å². The number of urea groups is 1. The Labute approximate surface area is 181 Å². The molecule has 0 saturated carbocycles. The average Bonchev–Trinajstić information content (AvgIpc) is 3.17. The highest BCUT2D eigenvalue weighted by atomic mass is 32.2. The zero-order chi connectivity index (χ0) is 21.1. The molecule has 6 nitrogen and oxygen atoms in total. The van der Waals surface area contributed by atoms with E-state index in [-0.39, 0.29) is 16.8 Å².